The molecule has 128 valence electrons. The van der Waals surface area contributed by atoms with Crippen LogP contribution >= 0.6 is 0 Å². The van der Waals surface area contributed by atoms with E-state index in [2.05, 4.69) is 52.8 Å². The van der Waals surface area contributed by atoms with Crippen LogP contribution in [0.1, 0.15) is 25.3 Å². The molecule has 0 aliphatic carbocycles. The van der Waals surface area contributed by atoms with Gasteiger partial charge in [0, 0.05) is 32.8 Å². The van der Waals surface area contributed by atoms with Crippen molar-refractivity contribution < 1.29 is 4.74 Å². The van der Waals surface area contributed by atoms with Crippen molar-refractivity contribution in [3.05, 3.63) is 35.9 Å². The number of likely N-dealkylation sites (tertiary alicyclic amines) is 1. The highest BCUT2D eigenvalue weighted by molar-refractivity contribution is 5.79. The average Bonchev–Trinajstić information content (AvgIpc) is 3.01. The molecule has 1 aliphatic rings. The van der Waals surface area contributed by atoms with Crippen LogP contribution in [0.2, 0.25) is 0 Å². The summed E-state index contributed by atoms with van der Waals surface area (Å²) in [5.74, 6) is 0.885. The monoisotopic (exact) mass is 318 g/mol. The number of nitrogens with zero attached hydrogens (tertiary/aromatic N) is 2. The third-order valence-corrected chi connectivity index (χ3v) is 4.13. The Hall–Kier alpha value is -1.59. The zero-order valence-corrected chi connectivity index (χ0v) is 14.4. The van der Waals surface area contributed by atoms with Crippen LogP contribution in [-0.4, -0.2) is 56.8 Å². The van der Waals surface area contributed by atoms with E-state index in [4.69, 9.17) is 9.73 Å². The SMILES string of the molecule is CCNC(=NCC1CCCN1Cc1ccccc1)NCCOC. The molecule has 1 heterocycles. The molecule has 0 aromatic heterocycles. The van der Waals surface area contributed by atoms with Gasteiger partial charge in [0.2, 0.25) is 0 Å². The zero-order chi connectivity index (χ0) is 16.3. The quantitative estimate of drug-likeness (QED) is 0.436. The number of guanidine groups is 1. The summed E-state index contributed by atoms with van der Waals surface area (Å²) in [7, 11) is 1.71. The van der Waals surface area contributed by atoms with Crippen molar-refractivity contribution in [1.82, 2.24) is 15.5 Å². The molecule has 23 heavy (non-hydrogen) atoms. The van der Waals surface area contributed by atoms with Gasteiger partial charge in [-0.1, -0.05) is 30.3 Å². The van der Waals surface area contributed by atoms with Crippen molar-refractivity contribution >= 4 is 5.96 Å². The van der Waals surface area contributed by atoms with Gasteiger partial charge in [-0.25, -0.2) is 0 Å². The van der Waals surface area contributed by atoms with E-state index >= 15 is 0 Å². The maximum absolute atomic E-state index is 5.08. The first-order valence-electron chi connectivity index (χ1n) is 8.62. The Morgan fingerprint density at radius 2 is 2.13 bits per heavy atom. The Labute approximate surface area is 140 Å². The maximum atomic E-state index is 5.08. The fourth-order valence-electron chi connectivity index (χ4n) is 2.94. The van der Waals surface area contributed by atoms with Gasteiger partial charge in [0.1, 0.15) is 0 Å². The van der Waals surface area contributed by atoms with Gasteiger partial charge < -0.3 is 15.4 Å². The molecule has 0 bridgehead atoms. The lowest BCUT2D eigenvalue weighted by molar-refractivity contribution is 0.203. The van der Waals surface area contributed by atoms with E-state index in [9.17, 15) is 0 Å². The molecule has 1 aromatic carbocycles. The van der Waals surface area contributed by atoms with E-state index in [1.165, 1.54) is 24.9 Å². The molecule has 1 atom stereocenters. The van der Waals surface area contributed by atoms with Crippen molar-refractivity contribution in [2.45, 2.75) is 32.4 Å². The number of aliphatic imine (C=N–C) groups is 1. The summed E-state index contributed by atoms with van der Waals surface area (Å²) >= 11 is 0. The molecule has 1 aliphatic heterocycles. The van der Waals surface area contributed by atoms with Crippen LogP contribution in [0.4, 0.5) is 0 Å². The highest BCUT2D eigenvalue weighted by atomic mass is 16.5. The van der Waals surface area contributed by atoms with Gasteiger partial charge >= 0.3 is 0 Å². The molecule has 1 fully saturated rings. The third kappa shape index (κ3) is 6.20. The van der Waals surface area contributed by atoms with E-state index in [1.54, 1.807) is 7.11 Å². The highest BCUT2D eigenvalue weighted by Gasteiger charge is 2.24. The Kier molecular flexibility index (Phi) is 7.90. The Morgan fingerprint density at radius 3 is 2.87 bits per heavy atom. The molecule has 0 amide bonds. The van der Waals surface area contributed by atoms with Gasteiger partial charge in [-0.3, -0.25) is 9.89 Å². The molecule has 1 unspecified atom stereocenters. The third-order valence-electron chi connectivity index (χ3n) is 4.13. The molecule has 2 N–H and O–H groups in total. The first kappa shape index (κ1) is 17.8. The molecule has 0 saturated carbocycles. The number of rotatable bonds is 8. The van der Waals surface area contributed by atoms with Gasteiger partial charge in [-0.05, 0) is 31.9 Å². The summed E-state index contributed by atoms with van der Waals surface area (Å²) in [4.78, 5) is 7.31. The molecule has 0 spiro atoms. The van der Waals surface area contributed by atoms with Crippen LogP contribution < -0.4 is 10.6 Å². The van der Waals surface area contributed by atoms with Crippen LogP contribution in [0.15, 0.2) is 35.3 Å². The summed E-state index contributed by atoms with van der Waals surface area (Å²) < 4.78 is 5.08. The van der Waals surface area contributed by atoms with Crippen LogP contribution in [0.5, 0.6) is 0 Å². The second kappa shape index (κ2) is 10.2. The van der Waals surface area contributed by atoms with E-state index in [-0.39, 0.29) is 0 Å². The van der Waals surface area contributed by atoms with Crippen molar-refractivity contribution in [1.29, 1.82) is 0 Å². The van der Waals surface area contributed by atoms with E-state index in [0.29, 0.717) is 12.6 Å². The highest BCUT2D eigenvalue weighted by Crippen LogP contribution is 2.20. The predicted octanol–water partition coefficient (Wildman–Crippen LogP) is 1.85. The smallest absolute Gasteiger partial charge is 0.191 e. The lowest BCUT2D eigenvalue weighted by Crippen LogP contribution is -2.40. The van der Waals surface area contributed by atoms with Gasteiger partial charge in [0.15, 0.2) is 5.96 Å². The number of methoxy groups -OCH3 is 1. The van der Waals surface area contributed by atoms with Crippen LogP contribution in [0.3, 0.4) is 0 Å². The molecular weight excluding hydrogens is 288 g/mol. The normalized spacial score (nSPS) is 19.0. The standard InChI is InChI=1S/C18H30N4O/c1-3-19-18(20-11-13-23-2)21-14-17-10-7-12-22(17)15-16-8-5-4-6-9-16/h4-6,8-9,17H,3,7,10-15H2,1-2H3,(H2,19,20,21). The minimum absolute atomic E-state index is 0.535. The van der Waals surface area contributed by atoms with E-state index < -0.39 is 0 Å². The minimum atomic E-state index is 0.535. The first-order valence-corrected chi connectivity index (χ1v) is 8.62. The van der Waals surface area contributed by atoms with E-state index in [0.717, 1.165) is 32.1 Å². The number of hydrogen-bond acceptors (Lipinski definition) is 3. The number of hydrogen-bond donors (Lipinski definition) is 2. The Bertz CT molecular complexity index is 463. The minimum Gasteiger partial charge on any atom is -0.383 e. The lowest BCUT2D eigenvalue weighted by Gasteiger charge is -2.23. The summed E-state index contributed by atoms with van der Waals surface area (Å²) in [6, 6.07) is 11.2. The second-order valence-electron chi connectivity index (χ2n) is 5.89. The summed E-state index contributed by atoms with van der Waals surface area (Å²) in [6.45, 7) is 7.46. The average molecular weight is 318 g/mol. The number of ether oxygens (including phenoxy) is 1. The Balaban J connectivity index is 1.87. The lowest BCUT2D eigenvalue weighted by atomic mass is 10.2. The topological polar surface area (TPSA) is 48.9 Å². The molecule has 0 radical (unpaired) electrons. The molecule has 2 rings (SSSR count). The first-order chi connectivity index (χ1) is 11.3. The molecule has 1 saturated heterocycles. The van der Waals surface area contributed by atoms with Crippen molar-refractivity contribution in [2.24, 2.45) is 4.99 Å². The van der Waals surface area contributed by atoms with Crippen molar-refractivity contribution in [3.8, 4) is 0 Å². The largest absolute Gasteiger partial charge is 0.383 e. The second-order valence-corrected chi connectivity index (χ2v) is 5.89. The van der Waals surface area contributed by atoms with Gasteiger partial charge in [-0.15, -0.1) is 0 Å². The molecule has 5 heteroatoms. The fourth-order valence-corrected chi connectivity index (χ4v) is 2.94. The van der Waals surface area contributed by atoms with Gasteiger partial charge in [0.25, 0.3) is 0 Å². The summed E-state index contributed by atoms with van der Waals surface area (Å²) in [5.41, 5.74) is 1.38. The van der Waals surface area contributed by atoms with Gasteiger partial charge in [-0.2, -0.15) is 0 Å². The number of benzene rings is 1. The molecule has 1 aromatic rings. The van der Waals surface area contributed by atoms with Gasteiger partial charge in [0.05, 0.1) is 13.2 Å². The summed E-state index contributed by atoms with van der Waals surface area (Å²) in [5, 5.41) is 6.60. The fraction of sp³-hybridized carbons (Fsp3) is 0.611. The molecule has 5 nitrogen and oxygen atoms in total. The zero-order valence-electron chi connectivity index (χ0n) is 14.4. The Morgan fingerprint density at radius 1 is 1.30 bits per heavy atom. The number of nitrogens with one attached hydrogen (secondary N) is 2. The van der Waals surface area contributed by atoms with Crippen LogP contribution in [-0.2, 0) is 11.3 Å². The molecular formula is C18H30N4O. The predicted molar refractivity (Wildman–Crippen MR) is 95.7 cm³/mol. The van der Waals surface area contributed by atoms with Crippen molar-refractivity contribution in [2.75, 3.05) is 39.9 Å². The van der Waals surface area contributed by atoms with E-state index in [1.807, 2.05) is 0 Å². The van der Waals surface area contributed by atoms with Crippen LogP contribution in [0.25, 0.3) is 0 Å². The van der Waals surface area contributed by atoms with Crippen LogP contribution in [0, 0.1) is 0 Å². The summed E-state index contributed by atoms with van der Waals surface area (Å²) in [6.07, 6.45) is 2.49. The van der Waals surface area contributed by atoms with Crippen molar-refractivity contribution in [3.63, 3.8) is 0 Å². The maximum Gasteiger partial charge on any atom is 0.191 e.